The van der Waals surface area contributed by atoms with Crippen LogP contribution in [0.25, 0.3) is 0 Å². The maximum atomic E-state index is 11.9. The summed E-state index contributed by atoms with van der Waals surface area (Å²) in [6, 6.07) is 0. The van der Waals surface area contributed by atoms with E-state index in [1.54, 1.807) is 0 Å². The lowest BCUT2D eigenvalue weighted by atomic mass is 10.4. The molecule has 1 aromatic heterocycles. The Balaban J connectivity index is 3.66. The van der Waals surface area contributed by atoms with Gasteiger partial charge in [0.05, 0.1) is 0 Å². The first-order valence-electron chi connectivity index (χ1n) is 5.56. The zero-order valence-corrected chi connectivity index (χ0v) is 8.16. The Bertz CT molecular complexity index is 630. The molecule has 86 valence electrons. The summed E-state index contributed by atoms with van der Waals surface area (Å²) in [4.78, 5) is 46.7. The highest BCUT2D eigenvalue weighted by atomic mass is 16.2. The lowest BCUT2D eigenvalue weighted by molar-refractivity contribution is -0.114. The van der Waals surface area contributed by atoms with Gasteiger partial charge < -0.3 is 10.6 Å². The minimum atomic E-state index is -3.02. The number of carbonyl (C=O) groups is 2. The molecule has 0 saturated carbocycles. The molecule has 0 aliphatic heterocycles. The van der Waals surface area contributed by atoms with Gasteiger partial charge in [-0.1, -0.05) is 0 Å². The Morgan fingerprint density at radius 1 is 1.56 bits per heavy atom. The second-order valence-electron chi connectivity index (χ2n) is 2.76. The molecule has 0 fully saturated rings. The van der Waals surface area contributed by atoms with E-state index in [0.29, 0.717) is 0 Å². The summed E-state index contributed by atoms with van der Waals surface area (Å²) in [6.45, 7) is -1.94. The van der Waals surface area contributed by atoms with Crippen molar-refractivity contribution < 1.29 is 13.7 Å². The minimum absolute atomic E-state index is 0.0335. The van der Waals surface area contributed by atoms with E-state index in [4.69, 9.17) is 4.11 Å². The third-order valence-electron chi connectivity index (χ3n) is 1.61. The number of hydrogen-bond donors (Lipinski definition) is 3. The van der Waals surface area contributed by atoms with Gasteiger partial charge in [0.25, 0.3) is 5.56 Å². The van der Waals surface area contributed by atoms with Gasteiger partial charge in [-0.3, -0.25) is 23.9 Å². The van der Waals surface area contributed by atoms with Gasteiger partial charge >= 0.3 is 5.69 Å². The molecule has 0 spiro atoms. The van der Waals surface area contributed by atoms with Crippen LogP contribution in [-0.4, -0.2) is 21.9 Å². The van der Waals surface area contributed by atoms with Crippen LogP contribution in [0, 0.1) is 0 Å². The largest absolute Gasteiger partial charge is 0.329 e. The summed E-state index contributed by atoms with van der Waals surface area (Å²) < 4.78 is 21.2. The molecule has 0 bridgehead atoms. The number of H-pyrrole nitrogens is 1. The normalized spacial score (nSPS) is 13.2. The zero-order valence-electron chi connectivity index (χ0n) is 11.2. The number of hydrogen-bond acceptors (Lipinski definition) is 4. The summed E-state index contributed by atoms with van der Waals surface area (Å²) in [5.41, 5.74) is -3.01. The number of anilines is 2. The first kappa shape index (κ1) is 7.85. The number of nitrogens with one attached hydrogen (secondary N) is 3. The first-order valence-corrected chi connectivity index (χ1v) is 4.06. The van der Waals surface area contributed by atoms with Crippen molar-refractivity contribution in [1.82, 2.24) is 9.55 Å². The van der Waals surface area contributed by atoms with Crippen molar-refractivity contribution in [3.63, 3.8) is 0 Å². The van der Waals surface area contributed by atoms with E-state index in [-0.39, 0.29) is 16.8 Å². The van der Waals surface area contributed by atoms with Crippen molar-refractivity contribution in [2.24, 2.45) is 6.98 Å². The molecule has 2 amide bonds. The fraction of sp³-hybridized carbons (Fsp3) is 0.250. The zero-order chi connectivity index (χ0) is 14.8. The number of aromatic nitrogens is 2. The SMILES string of the molecule is [2H]C([2H])([2H])n1c(=O)[nH]c(NC=O)c(NC(C)=O)c1=O. The van der Waals surface area contributed by atoms with Crippen LogP contribution in [-0.2, 0) is 16.6 Å². The van der Waals surface area contributed by atoms with Crippen LogP contribution >= 0.6 is 0 Å². The fourth-order valence-corrected chi connectivity index (χ4v) is 0.995. The lowest BCUT2D eigenvalue weighted by Gasteiger charge is -2.08. The average Bonchev–Trinajstić information content (AvgIpc) is 2.21. The molecule has 8 heteroatoms. The van der Waals surface area contributed by atoms with E-state index >= 15 is 0 Å². The second-order valence-corrected chi connectivity index (χ2v) is 2.76. The molecule has 0 aliphatic carbocycles. The van der Waals surface area contributed by atoms with E-state index in [1.165, 1.54) is 0 Å². The maximum absolute atomic E-state index is 11.9. The van der Waals surface area contributed by atoms with Crippen LogP contribution in [0.5, 0.6) is 0 Å². The third-order valence-corrected chi connectivity index (χ3v) is 1.61. The summed E-state index contributed by atoms with van der Waals surface area (Å²) in [7, 11) is 0. The number of aromatic amines is 1. The van der Waals surface area contributed by atoms with Crippen molar-refractivity contribution in [2.75, 3.05) is 10.6 Å². The number of nitrogens with zero attached hydrogens (tertiary/aromatic N) is 1. The Labute approximate surface area is 93.5 Å². The monoisotopic (exact) mass is 229 g/mol. The lowest BCUT2D eigenvalue weighted by Crippen LogP contribution is -2.36. The number of amides is 2. The molecule has 0 atom stereocenters. The van der Waals surface area contributed by atoms with Crippen LogP contribution < -0.4 is 21.9 Å². The summed E-state index contributed by atoms with van der Waals surface area (Å²) in [5, 5.41) is 4.05. The number of carbonyl (C=O) groups excluding carboxylic acids is 2. The van der Waals surface area contributed by atoms with Crippen molar-refractivity contribution in [3.8, 4) is 0 Å². The molecule has 16 heavy (non-hydrogen) atoms. The molecule has 0 aliphatic rings. The molecule has 0 radical (unpaired) electrons. The highest BCUT2D eigenvalue weighted by Crippen LogP contribution is 2.09. The summed E-state index contributed by atoms with van der Waals surface area (Å²) in [6.07, 6.45) is 0.162. The van der Waals surface area contributed by atoms with Crippen molar-refractivity contribution in [2.45, 2.75) is 6.92 Å². The van der Waals surface area contributed by atoms with E-state index in [9.17, 15) is 19.2 Å². The summed E-state index contributed by atoms with van der Waals surface area (Å²) in [5.74, 6) is -1.06. The molecule has 0 saturated heterocycles. The van der Waals surface area contributed by atoms with Gasteiger partial charge in [0.1, 0.15) is 11.5 Å². The molecule has 0 aromatic carbocycles. The third kappa shape index (κ3) is 2.16. The molecule has 1 aromatic rings. The van der Waals surface area contributed by atoms with Gasteiger partial charge in [-0.25, -0.2) is 4.79 Å². The fourth-order valence-electron chi connectivity index (χ4n) is 0.995. The minimum Gasteiger partial charge on any atom is -0.319 e. The predicted octanol–water partition coefficient (Wildman–Crippen LogP) is -1.40. The van der Waals surface area contributed by atoms with Crippen LogP contribution in [0.15, 0.2) is 9.59 Å². The smallest absolute Gasteiger partial charge is 0.319 e. The molecule has 1 rings (SSSR count). The topological polar surface area (TPSA) is 113 Å². The standard InChI is InChI=1S/C8H10N4O4/c1-4(14)10-5-6(9-3-13)11-8(16)12(2)7(5)15/h3H,1-2H3,(H,9,13)(H,10,14)(H,11,16)/i2D3. The molecule has 8 nitrogen and oxygen atoms in total. The highest BCUT2D eigenvalue weighted by Gasteiger charge is 2.12. The van der Waals surface area contributed by atoms with E-state index < -0.39 is 29.8 Å². The Kier molecular flexibility index (Phi) is 2.17. The van der Waals surface area contributed by atoms with Crippen LogP contribution in [0.3, 0.4) is 0 Å². The molecule has 1 heterocycles. The van der Waals surface area contributed by atoms with Gasteiger partial charge in [-0.15, -0.1) is 0 Å². The molecule has 3 N–H and O–H groups in total. The molecular formula is C8H10N4O4. The van der Waals surface area contributed by atoms with E-state index in [2.05, 4.69) is 5.32 Å². The van der Waals surface area contributed by atoms with Gasteiger partial charge in [0, 0.05) is 18.0 Å². The van der Waals surface area contributed by atoms with Gasteiger partial charge in [0.2, 0.25) is 12.3 Å². The Morgan fingerprint density at radius 2 is 2.25 bits per heavy atom. The Morgan fingerprint density at radius 3 is 2.75 bits per heavy atom. The molecule has 0 unspecified atom stereocenters. The number of rotatable bonds is 3. The Hall–Kier alpha value is -2.38. The average molecular weight is 229 g/mol. The summed E-state index contributed by atoms with van der Waals surface area (Å²) >= 11 is 0. The van der Waals surface area contributed by atoms with E-state index in [0.717, 1.165) is 6.92 Å². The van der Waals surface area contributed by atoms with Crippen LogP contribution in [0.4, 0.5) is 11.5 Å². The van der Waals surface area contributed by atoms with Gasteiger partial charge in [-0.2, -0.15) is 0 Å². The van der Waals surface area contributed by atoms with Crippen LogP contribution in [0.2, 0.25) is 0 Å². The quantitative estimate of drug-likeness (QED) is 0.553. The van der Waals surface area contributed by atoms with Crippen LogP contribution in [0.1, 0.15) is 11.0 Å². The van der Waals surface area contributed by atoms with E-state index in [1.807, 2.05) is 10.3 Å². The highest BCUT2D eigenvalue weighted by molar-refractivity contribution is 5.93. The van der Waals surface area contributed by atoms with Gasteiger partial charge in [-0.05, 0) is 0 Å². The predicted molar refractivity (Wildman–Crippen MR) is 56.3 cm³/mol. The second kappa shape index (κ2) is 4.43. The van der Waals surface area contributed by atoms with Crippen molar-refractivity contribution in [3.05, 3.63) is 20.8 Å². The van der Waals surface area contributed by atoms with Crippen molar-refractivity contribution in [1.29, 1.82) is 0 Å². The first-order chi connectivity index (χ1) is 8.68. The van der Waals surface area contributed by atoms with Gasteiger partial charge in [0.15, 0.2) is 0 Å². The maximum Gasteiger partial charge on any atom is 0.329 e. The van der Waals surface area contributed by atoms with Crippen molar-refractivity contribution >= 4 is 23.8 Å². The molecular weight excluding hydrogens is 216 g/mol.